The molecule has 11 rings (SSSR count). The summed E-state index contributed by atoms with van der Waals surface area (Å²) in [6.07, 6.45) is 0. The van der Waals surface area contributed by atoms with E-state index in [1.165, 1.54) is 30.3 Å². The van der Waals surface area contributed by atoms with Gasteiger partial charge in [0.2, 0.25) is 0 Å². The number of hydrogen-bond donors (Lipinski definition) is 0. The fourth-order valence-electron chi connectivity index (χ4n) is 8.18. The van der Waals surface area contributed by atoms with Crippen LogP contribution in [0.15, 0.2) is 192 Å². The third-order valence-electron chi connectivity index (χ3n) is 10.5. The maximum absolute atomic E-state index is 10.7. The van der Waals surface area contributed by atoms with E-state index in [2.05, 4.69) is 0 Å². The van der Waals surface area contributed by atoms with Crippen molar-refractivity contribution in [2.45, 2.75) is 24.5 Å². The normalized spacial score (nSPS) is 20.1. The SMILES string of the molecule is [2H]c1c([2H])c([2H])c2c(c1[2H])-c1c([2H])c([2H])c(N(c3ccc4c(c3)C(C([2H])([2H])[2H])(C([2H])([2H])[2H])c3ccccc3-4)c3c([2H])c([2H])c4oc5c([2H])c([2H])c([2H])c([2H])c5c4c3[2H])c([2H])c1C2(c1ccccc1)c1ccccc1. The Morgan fingerprint density at radius 1 is 0.481 bits per heavy atom. The lowest BCUT2D eigenvalue weighted by atomic mass is 9.67. The van der Waals surface area contributed by atoms with Gasteiger partial charge in [-0.3, -0.25) is 0 Å². The van der Waals surface area contributed by atoms with E-state index in [0.717, 1.165) is 4.90 Å². The summed E-state index contributed by atoms with van der Waals surface area (Å²) in [7, 11) is 0. The number of anilines is 3. The fourth-order valence-corrected chi connectivity index (χ4v) is 8.18. The van der Waals surface area contributed by atoms with Gasteiger partial charge in [-0.05, 0) is 104 Å². The molecule has 0 N–H and O–H groups in total. The Morgan fingerprint density at radius 2 is 1.13 bits per heavy atom. The molecular formula is C52H37NO. The van der Waals surface area contributed by atoms with Crippen molar-refractivity contribution >= 4 is 39.0 Å². The predicted molar refractivity (Wildman–Crippen MR) is 223 cm³/mol. The molecule has 1 aromatic heterocycles. The van der Waals surface area contributed by atoms with E-state index in [4.69, 9.17) is 20.9 Å². The van der Waals surface area contributed by atoms with Gasteiger partial charge in [0.15, 0.2) is 0 Å². The molecule has 0 amide bonds. The third-order valence-corrected chi connectivity index (χ3v) is 10.5. The maximum Gasteiger partial charge on any atom is 0.135 e. The highest BCUT2D eigenvalue weighted by molar-refractivity contribution is 6.06. The molecule has 0 aliphatic heterocycles. The molecule has 0 saturated carbocycles. The quantitative estimate of drug-likeness (QED) is 0.177. The third kappa shape index (κ3) is 4.22. The molecule has 8 aromatic carbocycles. The minimum Gasteiger partial charge on any atom is -0.456 e. The van der Waals surface area contributed by atoms with Gasteiger partial charge in [0.25, 0.3) is 0 Å². The Hall–Kier alpha value is -6.64. The lowest BCUT2D eigenvalue weighted by molar-refractivity contribution is 0.660. The largest absolute Gasteiger partial charge is 0.456 e. The number of para-hydroxylation sites is 1. The van der Waals surface area contributed by atoms with Crippen LogP contribution in [0.3, 0.4) is 0 Å². The number of rotatable bonds is 5. The highest BCUT2D eigenvalue weighted by Gasteiger charge is 2.46. The van der Waals surface area contributed by atoms with Crippen molar-refractivity contribution < 1.29 is 31.8 Å². The molecule has 2 aliphatic carbocycles. The molecule has 0 spiro atoms. The number of benzene rings is 8. The van der Waals surface area contributed by atoms with Crippen LogP contribution in [0, 0.1) is 0 Å². The van der Waals surface area contributed by atoms with Crippen LogP contribution in [0.4, 0.5) is 17.1 Å². The van der Waals surface area contributed by atoms with Gasteiger partial charge >= 0.3 is 0 Å². The first-order valence-corrected chi connectivity index (χ1v) is 17.2. The molecule has 9 aromatic rings. The average Bonchev–Trinajstić information content (AvgIpc) is 4.10. The topological polar surface area (TPSA) is 16.4 Å². The van der Waals surface area contributed by atoms with E-state index >= 15 is 0 Å². The summed E-state index contributed by atoms with van der Waals surface area (Å²) in [5, 5.41) is -0.706. The lowest BCUT2D eigenvalue weighted by Crippen LogP contribution is -2.28. The molecule has 2 heteroatoms. The Kier molecular flexibility index (Phi) is 3.60. The van der Waals surface area contributed by atoms with Crippen molar-refractivity contribution in [2.75, 3.05) is 4.90 Å². The molecule has 0 atom stereocenters. The van der Waals surface area contributed by atoms with Crippen molar-refractivity contribution in [2.24, 2.45) is 0 Å². The maximum atomic E-state index is 10.7. The van der Waals surface area contributed by atoms with Gasteiger partial charge < -0.3 is 9.32 Å². The van der Waals surface area contributed by atoms with Crippen molar-refractivity contribution in [3.8, 4) is 22.3 Å². The van der Waals surface area contributed by atoms with Crippen LogP contribution in [0.1, 0.15) is 74.5 Å². The molecule has 2 nitrogen and oxygen atoms in total. The van der Waals surface area contributed by atoms with Gasteiger partial charge in [-0.25, -0.2) is 0 Å². The average molecular weight is 712 g/mol. The van der Waals surface area contributed by atoms with Gasteiger partial charge in [-0.2, -0.15) is 0 Å². The monoisotopic (exact) mass is 711 g/mol. The van der Waals surface area contributed by atoms with Crippen LogP contribution in [-0.4, -0.2) is 0 Å². The number of hydrogen-bond acceptors (Lipinski definition) is 2. The molecule has 54 heavy (non-hydrogen) atoms. The van der Waals surface area contributed by atoms with Crippen LogP contribution in [0.5, 0.6) is 0 Å². The second-order valence-electron chi connectivity index (χ2n) is 13.3. The van der Waals surface area contributed by atoms with Crippen molar-refractivity contribution in [3.63, 3.8) is 0 Å². The van der Waals surface area contributed by atoms with E-state index in [1.54, 1.807) is 72.8 Å². The van der Waals surface area contributed by atoms with Crippen LogP contribution < -0.4 is 4.90 Å². The van der Waals surface area contributed by atoms with Crippen LogP contribution in [0.25, 0.3) is 44.2 Å². The fraction of sp³-hybridized carbons (Fsp3) is 0.0769. The predicted octanol–water partition coefficient (Wildman–Crippen LogP) is 13.7. The second kappa shape index (κ2) is 11.4. The van der Waals surface area contributed by atoms with Gasteiger partial charge in [0.05, 0.1) is 24.6 Å². The summed E-state index contributed by atoms with van der Waals surface area (Å²) in [5.74, 6) is 0. The van der Waals surface area contributed by atoms with Gasteiger partial charge in [0, 0.05) is 41.5 Å². The highest BCUT2D eigenvalue weighted by Crippen LogP contribution is 2.58. The van der Waals surface area contributed by atoms with Crippen molar-refractivity contribution in [1.29, 1.82) is 0 Å². The van der Waals surface area contributed by atoms with Crippen LogP contribution >= 0.6 is 0 Å². The number of fused-ring (bicyclic) bond motifs is 9. The smallest absolute Gasteiger partial charge is 0.135 e. The lowest BCUT2D eigenvalue weighted by Gasteiger charge is -2.35. The minimum absolute atomic E-state index is 0.0346. The Labute approximate surface area is 343 Å². The van der Waals surface area contributed by atoms with Gasteiger partial charge in [-0.1, -0.05) is 153 Å². The number of furan rings is 1. The van der Waals surface area contributed by atoms with E-state index < -0.39 is 132 Å². The number of nitrogens with zero attached hydrogens (tertiary/aromatic N) is 1. The van der Waals surface area contributed by atoms with Crippen molar-refractivity contribution in [1.82, 2.24) is 0 Å². The molecular weight excluding hydrogens is 655 g/mol. The Bertz CT molecular complexity index is 3890. The van der Waals surface area contributed by atoms with Gasteiger partial charge in [-0.15, -0.1) is 0 Å². The van der Waals surface area contributed by atoms with E-state index in [9.17, 15) is 11.0 Å². The summed E-state index contributed by atoms with van der Waals surface area (Å²) in [6.45, 7) is -6.57. The molecule has 0 saturated heterocycles. The Morgan fingerprint density at radius 3 is 1.94 bits per heavy atom. The van der Waals surface area contributed by atoms with Crippen LogP contribution in [-0.2, 0) is 10.8 Å². The van der Waals surface area contributed by atoms with Gasteiger partial charge in [0.1, 0.15) is 11.2 Å². The molecule has 256 valence electrons. The minimum atomic E-state index is -3.29. The molecule has 2 aliphatic rings. The molecule has 0 unspecified atom stereocenters. The molecule has 0 fully saturated rings. The first-order valence-electron chi connectivity index (χ1n) is 27.2. The summed E-state index contributed by atoms with van der Waals surface area (Å²) in [4.78, 5) is 1.02. The first-order chi connectivity index (χ1) is 34.9. The molecule has 0 bridgehead atoms. The molecule has 1 heterocycles. The van der Waals surface area contributed by atoms with E-state index in [0.29, 0.717) is 11.1 Å². The second-order valence-corrected chi connectivity index (χ2v) is 13.3. The summed E-state index contributed by atoms with van der Waals surface area (Å²) in [5.41, 5.74) is -6.52. The summed E-state index contributed by atoms with van der Waals surface area (Å²) >= 11 is 0. The summed E-state index contributed by atoms with van der Waals surface area (Å²) < 4.78 is 191. The van der Waals surface area contributed by atoms with Crippen molar-refractivity contribution in [3.05, 3.63) is 221 Å². The standard InChI is InChI=1S/C52H37NO/c1-51(2)45-22-12-9-19-39(45)41-28-25-37(32-47(41)51)53(36-27-30-50-44(31-36)43-21-11-14-24-49(43)54-50)38-26-29-42-40-20-10-13-23-46(40)52(48(42)33-38,34-15-5-3-6-16-34)35-17-7-4-8-18-35/h3-33H,1-2H3/i1D3,2D3,10D,11D,13D,14D,20D,21D,23D,24D,26D,27D,29D,30D,31D,33D. The summed E-state index contributed by atoms with van der Waals surface area (Å²) in [6, 6.07) is 17.8. The molecule has 0 radical (unpaired) electrons. The zero-order chi connectivity index (χ0) is 53.2. The first kappa shape index (κ1) is 17.0. The van der Waals surface area contributed by atoms with Crippen LogP contribution in [0.2, 0.25) is 0 Å². The zero-order valence-corrected chi connectivity index (χ0v) is 28.2. The van der Waals surface area contributed by atoms with E-state index in [1.807, 2.05) is 0 Å². The van der Waals surface area contributed by atoms with E-state index in [-0.39, 0.29) is 61.0 Å². The Balaban J connectivity index is 1.36. The zero-order valence-electron chi connectivity index (χ0n) is 48.2. The highest BCUT2D eigenvalue weighted by atomic mass is 16.3.